The summed E-state index contributed by atoms with van der Waals surface area (Å²) < 4.78 is 4.60. The Morgan fingerprint density at radius 2 is 1.95 bits per heavy atom. The minimum Gasteiger partial charge on any atom is -0.304 e. The Bertz CT molecular complexity index is 417. The molecule has 2 nitrogen and oxygen atoms in total. The van der Waals surface area contributed by atoms with Gasteiger partial charge in [0.15, 0.2) is 0 Å². The molecule has 0 radical (unpaired) electrons. The summed E-state index contributed by atoms with van der Waals surface area (Å²) >= 11 is 3.68. The first-order chi connectivity index (χ1) is 9.15. The van der Waals surface area contributed by atoms with Crippen LogP contribution in [0.5, 0.6) is 0 Å². The largest absolute Gasteiger partial charge is 0.304 e. The average Bonchev–Trinajstić information content (AvgIpc) is 2.76. The summed E-state index contributed by atoms with van der Waals surface area (Å²) in [4.78, 5) is 1.33. The van der Waals surface area contributed by atoms with Crippen LogP contribution in [0.2, 0.25) is 0 Å². The summed E-state index contributed by atoms with van der Waals surface area (Å²) in [6.07, 6.45) is 4.73. The molecule has 104 valence electrons. The Kier molecular flexibility index (Phi) is 5.52. The van der Waals surface area contributed by atoms with Crippen LogP contribution in [0.3, 0.4) is 0 Å². The van der Waals surface area contributed by atoms with E-state index in [-0.39, 0.29) is 0 Å². The molecule has 0 unspecified atom stereocenters. The van der Waals surface area contributed by atoms with Gasteiger partial charge >= 0.3 is 0 Å². The average molecular weight is 294 g/mol. The fourth-order valence-electron chi connectivity index (χ4n) is 1.86. The third kappa shape index (κ3) is 4.69. The maximum absolute atomic E-state index is 2.31. The smallest absolute Gasteiger partial charge is 0.0807 e. The first-order valence-electron chi connectivity index (χ1n) is 6.72. The Morgan fingerprint density at radius 3 is 2.63 bits per heavy atom. The molecule has 1 aromatic rings. The molecule has 0 atom stereocenters. The van der Waals surface area contributed by atoms with Gasteiger partial charge in [0.05, 0.1) is 18.0 Å². The second kappa shape index (κ2) is 7.15. The van der Waals surface area contributed by atoms with Gasteiger partial charge in [-0.3, -0.25) is 4.31 Å². The lowest BCUT2D eigenvalue weighted by molar-refractivity contribution is 0.544. The van der Waals surface area contributed by atoms with Gasteiger partial charge in [-0.1, -0.05) is 32.0 Å². The molecule has 0 bridgehead atoms. The van der Waals surface area contributed by atoms with Crippen LogP contribution in [0.4, 0.5) is 0 Å². The molecule has 0 fully saturated rings. The highest BCUT2D eigenvalue weighted by molar-refractivity contribution is 8.01. The normalized spacial score (nSPS) is 15.3. The number of hydrogen-bond donors (Lipinski definition) is 0. The molecule has 4 heteroatoms. The molecular weight excluding hydrogens is 272 g/mol. The van der Waals surface area contributed by atoms with E-state index >= 15 is 0 Å². The van der Waals surface area contributed by atoms with Crippen molar-refractivity contribution in [1.29, 1.82) is 0 Å². The van der Waals surface area contributed by atoms with Gasteiger partial charge in [0.2, 0.25) is 0 Å². The van der Waals surface area contributed by atoms with Crippen LogP contribution < -0.4 is 0 Å². The topological polar surface area (TPSA) is 6.48 Å². The van der Waals surface area contributed by atoms with E-state index in [0.717, 1.165) is 11.8 Å². The van der Waals surface area contributed by atoms with Gasteiger partial charge in [0.1, 0.15) is 0 Å². The summed E-state index contributed by atoms with van der Waals surface area (Å²) in [5.74, 6) is 1.76. The molecule has 2 rings (SSSR count). The van der Waals surface area contributed by atoms with Crippen molar-refractivity contribution in [3.63, 3.8) is 0 Å². The van der Waals surface area contributed by atoms with Crippen LogP contribution in [0, 0.1) is 5.92 Å². The molecule has 19 heavy (non-hydrogen) atoms. The van der Waals surface area contributed by atoms with Gasteiger partial charge in [-0.25, -0.2) is 0 Å². The molecule has 0 N–H and O–H groups in total. The first kappa shape index (κ1) is 14.7. The van der Waals surface area contributed by atoms with Crippen LogP contribution >= 0.6 is 23.9 Å². The minimum absolute atomic E-state index is 0.770. The van der Waals surface area contributed by atoms with Crippen molar-refractivity contribution in [2.75, 3.05) is 12.9 Å². The molecule has 0 aromatic heterocycles. The quantitative estimate of drug-likeness (QED) is 0.547. The van der Waals surface area contributed by atoms with E-state index in [2.05, 4.69) is 66.0 Å². The zero-order chi connectivity index (χ0) is 13.7. The van der Waals surface area contributed by atoms with E-state index in [9.17, 15) is 0 Å². The lowest BCUT2D eigenvalue weighted by Gasteiger charge is -2.17. The van der Waals surface area contributed by atoms with Crippen LogP contribution in [-0.2, 0) is 0 Å². The standard InChI is InChI=1S/C15H22N2S2/c1-13(2)9-10-14-11-17(19-16(14)3)12-18-15-7-5-4-6-8-15/h4-8,11,13H,9-10,12H2,1-3H3. The predicted molar refractivity (Wildman–Crippen MR) is 86.5 cm³/mol. The molecule has 1 heterocycles. The molecular formula is C15H22N2S2. The number of nitrogens with zero attached hydrogens (tertiary/aromatic N) is 2. The second-order valence-electron chi connectivity index (χ2n) is 5.14. The van der Waals surface area contributed by atoms with E-state index in [1.54, 1.807) is 12.1 Å². The molecule has 0 saturated heterocycles. The molecule has 1 aromatic carbocycles. The summed E-state index contributed by atoms with van der Waals surface area (Å²) in [5, 5.41) is 0. The van der Waals surface area contributed by atoms with Crippen LogP contribution in [0.15, 0.2) is 47.1 Å². The van der Waals surface area contributed by atoms with Crippen LogP contribution in [0.1, 0.15) is 26.7 Å². The predicted octanol–water partition coefficient (Wildman–Crippen LogP) is 4.82. The zero-order valence-corrected chi connectivity index (χ0v) is 13.5. The lowest BCUT2D eigenvalue weighted by Crippen LogP contribution is -2.08. The molecule has 0 saturated carbocycles. The summed E-state index contributed by atoms with van der Waals surface area (Å²) in [7, 11) is 2.16. The number of thioether (sulfide) groups is 1. The molecule has 0 aliphatic carbocycles. The van der Waals surface area contributed by atoms with Gasteiger partial charge in [-0.05, 0) is 30.9 Å². The second-order valence-corrected chi connectivity index (χ2v) is 7.33. The third-order valence-electron chi connectivity index (χ3n) is 3.00. The number of allylic oxidation sites excluding steroid dienone is 1. The highest BCUT2D eigenvalue weighted by atomic mass is 32.2. The molecule has 1 aliphatic rings. The van der Waals surface area contributed by atoms with Crippen LogP contribution in [0.25, 0.3) is 0 Å². The van der Waals surface area contributed by atoms with Crippen molar-refractivity contribution in [1.82, 2.24) is 8.61 Å². The zero-order valence-electron chi connectivity index (χ0n) is 11.9. The molecule has 1 aliphatic heterocycles. The van der Waals surface area contributed by atoms with Gasteiger partial charge in [-0.2, -0.15) is 0 Å². The molecule has 0 spiro atoms. The van der Waals surface area contributed by atoms with Crippen molar-refractivity contribution in [2.24, 2.45) is 5.92 Å². The van der Waals surface area contributed by atoms with Crippen LogP contribution in [-0.4, -0.2) is 21.5 Å². The maximum atomic E-state index is 2.31. The van der Waals surface area contributed by atoms with E-state index < -0.39 is 0 Å². The van der Waals surface area contributed by atoms with Gasteiger partial charge < -0.3 is 4.31 Å². The Labute approximate surface area is 125 Å². The minimum atomic E-state index is 0.770. The lowest BCUT2D eigenvalue weighted by atomic mass is 10.1. The van der Waals surface area contributed by atoms with Crippen molar-refractivity contribution >= 4 is 23.9 Å². The van der Waals surface area contributed by atoms with E-state index in [1.807, 2.05) is 11.8 Å². The summed E-state index contributed by atoms with van der Waals surface area (Å²) in [6, 6.07) is 10.6. The summed E-state index contributed by atoms with van der Waals surface area (Å²) in [5.41, 5.74) is 1.44. The van der Waals surface area contributed by atoms with Crippen molar-refractivity contribution in [2.45, 2.75) is 31.6 Å². The van der Waals surface area contributed by atoms with Gasteiger partial charge in [-0.15, -0.1) is 11.8 Å². The molecule has 0 amide bonds. The number of hydrogen-bond acceptors (Lipinski definition) is 4. The van der Waals surface area contributed by atoms with E-state index in [1.165, 1.54) is 23.4 Å². The highest BCUT2D eigenvalue weighted by Gasteiger charge is 2.18. The Morgan fingerprint density at radius 1 is 1.21 bits per heavy atom. The summed E-state index contributed by atoms with van der Waals surface area (Å²) in [6.45, 7) is 4.57. The van der Waals surface area contributed by atoms with Gasteiger partial charge in [0.25, 0.3) is 0 Å². The third-order valence-corrected chi connectivity index (χ3v) is 5.10. The SMILES string of the molecule is CC(C)CCC1=CN(CSc2ccccc2)SN1C. The van der Waals surface area contributed by atoms with Gasteiger partial charge in [0, 0.05) is 23.8 Å². The van der Waals surface area contributed by atoms with Crippen molar-refractivity contribution in [3.8, 4) is 0 Å². The van der Waals surface area contributed by atoms with Crippen molar-refractivity contribution in [3.05, 3.63) is 42.2 Å². The fraction of sp³-hybridized carbons (Fsp3) is 0.467. The first-order valence-corrected chi connectivity index (χ1v) is 8.43. The van der Waals surface area contributed by atoms with E-state index in [0.29, 0.717) is 0 Å². The number of benzene rings is 1. The Hall–Kier alpha value is -0.740. The Balaban J connectivity index is 1.82. The fourth-order valence-corrected chi connectivity index (χ4v) is 3.63. The maximum Gasteiger partial charge on any atom is 0.0807 e. The number of rotatable bonds is 6. The highest BCUT2D eigenvalue weighted by Crippen LogP contribution is 2.34. The van der Waals surface area contributed by atoms with E-state index in [4.69, 9.17) is 0 Å². The van der Waals surface area contributed by atoms with Crippen molar-refractivity contribution < 1.29 is 0 Å². The monoisotopic (exact) mass is 294 g/mol.